The van der Waals surface area contributed by atoms with Gasteiger partial charge in [0.1, 0.15) is 5.75 Å². The summed E-state index contributed by atoms with van der Waals surface area (Å²) in [5, 5.41) is 0. The summed E-state index contributed by atoms with van der Waals surface area (Å²) in [4.78, 5) is 0.285. The van der Waals surface area contributed by atoms with E-state index in [1.165, 1.54) is 19.2 Å². The van der Waals surface area contributed by atoms with E-state index in [2.05, 4.69) is 4.72 Å². The molecule has 0 saturated carbocycles. The lowest BCUT2D eigenvalue weighted by Crippen LogP contribution is -2.42. The van der Waals surface area contributed by atoms with Crippen molar-refractivity contribution >= 4 is 27.2 Å². The molecule has 0 bridgehead atoms. The van der Waals surface area contributed by atoms with Crippen LogP contribution in [0.3, 0.4) is 0 Å². The van der Waals surface area contributed by atoms with E-state index in [0.29, 0.717) is 12.2 Å². The van der Waals surface area contributed by atoms with Crippen LogP contribution in [0.15, 0.2) is 29.2 Å². The Kier molecular flexibility index (Phi) is 5.06. The van der Waals surface area contributed by atoms with E-state index >= 15 is 0 Å². The van der Waals surface area contributed by atoms with E-state index in [1.54, 1.807) is 19.1 Å². The zero-order valence-corrected chi connectivity index (χ0v) is 11.8. The first-order valence-electron chi connectivity index (χ1n) is 5.36. The molecule has 18 heavy (non-hydrogen) atoms. The van der Waals surface area contributed by atoms with Gasteiger partial charge < -0.3 is 10.5 Å². The second kappa shape index (κ2) is 6.12. The van der Waals surface area contributed by atoms with Crippen molar-refractivity contribution < 1.29 is 13.2 Å². The van der Waals surface area contributed by atoms with Gasteiger partial charge in [-0.2, -0.15) is 0 Å². The molecule has 100 valence electrons. The number of hydrogen-bond acceptors (Lipinski definition) is 4. The topological polar surface area (TPSA) is 81.4 Å². The number of rotatable bonds is 6. The number of sulfonamides is 1. The molecule has 0 aliphatic carbocycles. The van der Waals surface area contributed by atoms with Crippen LogP contribution < -0.4 is 15.2 Å². The number of nitrogens with one attached hydrogen (secondary N) is 1. The van der Waals surface area contributed by atoms with Crippen molar-refractivity contribution in [2.45, 2.75) is 24.3 Å². The summed E-state index contributed by atoms with van der Waals surface area (Å²) >= 11 is 4.80. The van der Waals surface area contributed by atoms with E-state index in [9.17, 15) is 8.42 Å². The first-order chi connectivity index (χ1) is 8.40. The Labute approximate surface area is 112 Å². The normalized spacial score (nSPS) is 13.0. The molecule has 0 radical (unpaired) electrons. The molecule has 0 aromatic heterocycles. The van der Waals surface area contributed by atoms with Gasteiger partial charge in [-0.05, 0) is 30.7 Å². The fourth-order valence-electron chi connectivity index (χ4n) is 1.35. The second-order valence-corrected chi connectivity index (χ2v) is 5.85. The molecule has 0 fully saturated rings. The fraction of sp³-hybridized carbons (Fsp3) is 0.364. The summed E-state index contributed by atoms with van der Waals surface area (Å²) in [7, 11) is -2.10. The number of hydrogen-bond donors (Lipinski definition) is 2. The van der Waals surface area contributed by atoms with Crippen molar-refractivity contribution in [2.24, 2.45) is 5.73 Å². The van der Waals surface area contributed by atoms with Gasteiger partial charge in [-0.3, -0.25) is 0 Å². The van der Waals surface area contributed by atoms with E-state index < -0.39 is 16.1 Å². The van der Waals surface area contributed by atoms with Gasteiger partial charge in [-0.1, -0.05) is 19.1 Å². The van der Waals surface area contributed by atoms with Crippen LogP contribution in [0.1, 0.15) is 13.3 Å². The summed E-state index contributed by atoms with van der Waals surface area (Å²) in [6.45, 7) is 1.81. The van der Waals surface area contributed by atoms with Gasteiger partial charge in [-0.15, -0.1) is 0 Å². The highest BCUT2D eigenvalue weighted by molar-refractivity contribution is 7.89. The third-order valence-corrected chi connectivity index (χ3v) is 4.19. The summed E-state index contributed by atoms with van der Waals surface area (Å²) in [5.41, 5.74) is 5.46. The van der Waals surface area contributed by atoms with Crippen LogP contribution in [0, 0.1) is 0 Å². The molecular formula is C11H16N2O3S2. The zero-order valence-electron chi connectivity index (χ0n) is 10.2. The molecule has 7 heteroatoms. The molecule has 1 aromatic rings. The average Bonchev–Trinajstić information content (AvgIpc) is 2.35. The van der Waals surface area contributed by atoms with Crippen LogP contribution in [-0.2, 0) is 10.0 Å². The molecule has 0 saturated heterocycles. The predicted molar refractivity (Wildman–Crippen MR) is 74.2 cm³/mol. The highest BCUT2D eigenvalue weighted by Crippen LogP contribution is 2.15. The molecule has 0 aliphatic rings. The maximum absolute atomic E-state index is 12.0. The van der Waals surface area contributed by atoms with Crippen molar-refractivity contribution in [1.82, 2.24) is 4.72 Å². The van der Waals surface area contributed by atoms with Crippen molar-refractivity contribution in [1.29, 1.82) is 0 Å². The van der Waals surface area contributed by atoms with Crippen LogP contribution in [-0.4, -0.2) is 26.6 Å². The Morgan fingerprint density at radius 3 is 2.39 bits per heavy atom. The monoisotopic (exact) mass is 288 g/mol. The Morgan fingerprint density at radius 1 is 1.44 bits per heavy atom. The molecule has 3 N–H and O–H groups in total. The van der Waals surface area contributed by atoms with Crippen LogP contribution >= 0.6 is 12.2 Å². The number of nitrogens with two attached hydrogens (primary N) is 1. The van der Waals surface area contributed by atoms with Crippen LogP contribution in [0.5, 0.6) is 5.75 Å². The van der Waals surface area contributed by atoms with Crippen LogP contribution in [0.4, 0.5) is 0 Å². The van der Waals surface area contributed by atoms with Gasteiger partial charge in [-0.25, -0.2) is 13.1 Å². The fourth-order valence-corrected chi connectivity index (χ4v) is 2.95. The van der Waals surface area contributed by atoms with Crippen molar-refractivity contribution in [2.75, 3.05) is 7.11 Å². The molecule has 5 nitrogen and oxygen atoms in total. The number of benzene rings is 1. The lowest BCUT2D eigenvalue weighted by Gasteiger charge is -2.15. The molecular weight excluding hydrogens is 272 g/mol. The Balaban J connectivity index is 2.95. The second-order valence-electron chi connectivity index (χ2n) is 3.66. The summed E-state index contributed by atoms with van der Waals surface area (Å²) in [5.74, 6) is 0.593. The van der Waals surface area contributed by atoms with E-state index in [1.807, 2.05) is 0 Å². The first-order valence-corrected chi connectivity index (χ1v) is 7.25. The smallest absolute Gasteiger partial charge is 0.241 e. The van der Waals surface area contributed by atoms with Gasteiger partial charge >= 0.3 is 0 Å². The lowest BCUT2D eigenvalue weighted by atomic mass is 10.2. The SMILES string of the molecule is CCC(NS(=O)(=O)c1ccc(OC)cc1)C(N)=S. The minimum Gasteiger partial charge on any atom is -0.497 e. The van der Waals surface area contributed by atoms with Gasteiger partial charge in [0, 0.05) is 0 Å². The Bertz CT molecular complexity index is 512. The quantitative estimate of drug-likeness (QED) is 0.764. The van der Waals surface area contributed by atoms with Crippen LogP contribution in [0.2, 0.25) is 0 Å². The third-order valence-electron chi connectivity index (χ3n) is 2.42. The van der Waals surface area contributed by atoms with Gasteiger partial charge in [0.2, 0.25) is 10.0 Å². The lowest BCUT2D eigenvalue weighted by molar-refractivity contribution is 0.414. The largest absolute Gasteiger partial charge is 0.497 e. The number of methoxy groups -OCH3 is 1. The molecule has 0 aliphatic heterocycles. The molecule has 1 unspecified atom stereocenters. The Morgan fingerprint density at radius 2 is 2.00 bits per heavy atom. The minimum atomic E-state index is -3.61. The average molecular weight is 288 g/mol. The van der Waals surface area contributed by atoms with Gasteiger partial charge in [0.05, 0.1) is 23.0 Å². The zero-order chi connectivity index (χ0) is 13.8. The number of ether oxygens (including phenoxy) is 1. The molecule has 1 atom stereocenters. The highest BCUT2D eigenvalue weighted by atomic mass is 32.2. The van der Waals surface area contributed by atoms with Crippen molar-refractivity contribution in [3.05, 3.63) is 24.3 Å². The standard InChI is InChI=1S/C11H16N2O3S2/c1-3-10(11(12)17)13-18(14,15)9-6-4-8(16-2)5-7-9/h4-7,10,13H,3H2,1-2H3,(H2,12,17). The molecule has 0 amide bonds. The molecule has 1 rings (SSSR count). The maximum Gasteiger partial charge on any atom is 0.241 e. The van der Waals surface area contributed by atoms with Gasteiger partial charge in [0.25, 0.3) is 0 Å². The summed E-state index contributed by atoms with van der Waals surface area (Å²) in [6.07, 6.45) is 0.505. The van der Waals surface area contributed by atoms with E-state index in [0.717, 1.165) is 0 Å². The minimum absolute atomic E-state index is 0.134. The highest BCUT2D eigenvalue weighted by Gasteiger charge is 2.20. The first kappa shape index (κ1) is 14.9. The van der Waals surface area contributed by atoms with E-state index in [-0.39, 0.29) is 9.88 Å². The van der Waals surface area contributed by atoms with Crippen LogP contribution in [0.25, 0.3) is 0 Å². The van der Waals surface area contributed by atoms with Crippen molar-refractivity contribution in [3.63, 3.8) is 0 Å². The Hall–Kier alpha value is -1.18. The predicted octanol–water partition coefficient (Wildman–Crippen LogP) is 1.04. The van der Waals surface area contributed by atoms with E-state index in [4.69, 9.17) is 22.7 Å². The van der Waals surface area contributed by atoms with Crippen molar-refractivity contribution in [3.8, 4) is 5.75 Å². The maximum atomic E-state index is 12.0. The number of thiocarbonyl (C=S) groups is 1. The molecule has 0 spiro atoms. The van der Waals surface area contributed by atoms with Gasteiger partial charge in [0.15, 0.2) is 0 Å². The summed E-state index contributed by atoms with van der Waals surface area (Å²) < 4.78 is 31.5. The third kappa shape index (κ3) is 3.66. The molecule has 1 aromatic carbocycles. The summed E-state index contributed by atoms with van der Waals surface area (Å²) in [6, 6.07) is 5.56. The molecule has 0 heterocycles.